The maximum atomic E-state index is 14.8. The Morgan fingerprint density at radius 2 is 1.94 bits per heavy atom. The van der Waals surface area contributed by atoms with Gasteiger partial charge in [-0.05, 0) is 30.7 Å². The molecule has 3 aromatic heterocycles. The molecule has 0 aliphatic rings. The van der Waals surface area contributed by atoms with Crippen molar-refractivity contribution in [3.05, 3.63) is 81.9 Å². The van der Waals surface area contributed by atoms with E-state index < -0.39 is 23.2 Å². The van der Waals surface area contributed by atoms with Gasteiger partial charge in [0.15, 0.2) is 11.5 Å². The lowest BCUT2D eigenvalue weighted by atomic mass is 10.1. The first-order chi connectivity index (χ1) is 16.0. The van der Waals surface area contributed by atoms with Crippen molar-refractivity contribution < 1.29 is 8.78 Å². The molecule has 2 N–H and O–H groups in total. The molecule has 5 aromatic rings. The molecule has 3 heterocycles. The molecule has 0 bridgehead atoms. The number of nitrogens with one attached hydrogen (secondary N) is 2. The zero-order chi connectivity index (χ0) is 23.1. The summed E-state index contributed by atoms with van der Waals surface area (Å²) in [6, 6.07) is 7.71. The second-order valence-electron chi connectivity index (χ2n) is 7.24. The second kappa shape index (κ2) is 8.21. The summed E-state index contributed by atoms with van der Waals surface area (Å²) in [5.41, 5.74) is 0.517. The topological polar surface area (TPSA) is 101 Å². The van der Waals surface area contributed by atoms with Gasteiger partial charge in [-0.1, -0.05) is 30.7 Å². The molecular formula is C22H16ClF2N7O. The highest BCUT2D eigenvalue weighted by atomic mass is 35.5. The third-order valence-corrected chi connectivity index (χ3v) is 5.66. The maximum Gasteiger partial charge on any atom is 0.267 e. The summed E-state index contributed by atoms with van der Waals surface area (Å²) in [6.45, 7) is 1.88. The van der Waals surface area contributed by atoms with E-state index in [9.17, 15) is 13.6 Å². The maximum absolute atomic E-state index is 14.8. The minimum absolute atomic E-state index is 0.0277. The molecule has 33 heavy (non-hydrogen) atoms. The van der Waals surface area contributed by atoms with E-state index in [2.05, 4.69) is 30.2 Å². The van der Waals surface area contributed by atoms with Gasteiger partial charge in [-0.15, -0.1) is 0 Å². The summed E-state index contributed by atoms with van der Waals surface area (Å²) in [5, 5.41) is 2.74. The number of para-hydroxylation sites is 1. The number of rotatable bonds is 5. The van der Waals surface area contributed by atoms with Crippen LogP contribution in [-0.2, 0) is 0 Å². The zero-order valence-corrected chi connectivity index (χ0v) is 17.9. The highest BCUT2D eigenvalue weighted by Crippen LogP contribution is 2.29. The summed E-state index contributed by atoms with van der Waals surface area (Å²) < 4.78 is 30.1. The molecule has 0 unspecified atom stereocenters. The van der Waals surface area contributed by atoms with E-state index in [0.717, 1.165) is 10.6 Å². The van der Waals surface area contributed by atoms with Crippen molar-refractivity contribution >= 4 is 39.5 Å². The van der Waals surface area contributed by atoms with E-state index in [1.54, 1.807) is 6.07 Å². The predicted molar refractivity (Wildman–Crippen MR) is 121 cm³/mol. The molecule has 0 spiro atoms. The van der Waals surface area contributed by atoms with Crippen LogP contribution in [0.5, 0.6) is 0 Å². The lowest BCUT2D eigenvalue weighted by Gasteiger charge is -2.22. The van der Waals surface area contributed by atoms with Crippen LogP contribution in [0.15, 0.2) is 53.8 Å². The van der Waals surface area contributed by atoms with Crippen molar-refractivity contribution in [2.45, 2.75) is 19.4 Å². The van der Waals surface area contributed by atoms with Crippen molar-refractivity contribution in [1.29, 1.82) is 0 Å². The average molecular weight is 468 g/mol. The lowest BCUT2D eigenvalue weighted by Crippen LogP contribution is -2.29. The average Bonchev–Trinajstić information content (AvgIpc) is 3.30. The lowest BCUT2D eigenvalue weighted by molar-refractivity contribution is 0.598. The van der Waals surface area contributed by atoms with Gasteiger partial charge in [0.1, 0.15) is 29.3 Å². The number of hydrogen-bond donors (Lipinski definition) is 2. The molecule has 8 nitrogen and oxygen atoms in total. The monoisotopic (exact) mass is 467 g/mol. The van der Waals surface area contributed by atoms with Gasteiger partial charge in [-0.2, -0.15) is 0 Å². The first-order valence-electron chi connectivity index (χ1n) is 10.1. The Bertz CT molecular complexity index is 1570. The molecule has 0 fully saturated rings. The summed E-state index contributed by atoms with van der Waals surface area (Å²) >= 11 is 6.11. The van der Waals surface area contributed by atoms with Gasteiger partial charge in [0.05, 0.1) is 34.0 Å². The van der Waals surface area contributed by atoms with Crippen molar-refractivity contribution in [2.24, 2.45) is 0 Å². The highest BCUT2D eigenvalue weighted by molar-refractivity contribution is 6.35. The molecule has 0 aliphatic heterocycles. The van der Waals surface area contributed by atoms with Crippen LogP contribution < -0.4 is 10.9 Å². The Hall–Kier alpha value is -3.92. The first kappa shape index (κ1) is 21.0. The number of H-pyrrole nitrogens is 1. The van der Waals surface area contributed by atoms with Crippen molar-refractivity contribution in [2.75, 3.05) is 5.32 Å². The van der Waals surface area contributed by atoms with Crippen molar-refractivity contribution in [1.82, 2.24) is 29.5 Å². The van der Waals surface area contributed by atoms with E-state index >= 15 is 0 Å². The Kier molecular flexibility index (Phi) is 5.21. The van der Waals surface area contributed by atoms with E-state index in [1.807, 2.05) is 6.92 Å². The molecule has 1 atom stereocenters. The number of nitrogens with zero attached hydrogens (tertiary/aromatic N) is 5. The van der Waals surface area contributed by atoms with Gasteiger partial charge < -0.3 is 10.3 Å². The first-order valence-corrected chi connectivity index (χ1v) is 10.4. The molecule has 0 saturated heterocycles. The van der Waals surface area contributed by atoms with Crippen LogP contribution in [-0.4, -0.2) is 29.5 Å². The number of fused-ring (bicyclic) bond motifs is 2. The Morgan fingerprint density at radius 3 is 2.73 bits per heavy atom. The van der Waals surface area contributed by atoms with Crippen molar-refractivity contribution in [3.63, 3.8) is 0 Å². The third-order valence-electron chi connectivity index (χ3n) is 5.30. The number of hydrogen-bond acceptors (Lipinski definition) is 6. The minimum atomic E-state index is -0.761. The van der Waals surface area contributed by atoms with Crippen LogP contribution in [0.25, 0.3) is 27.8 Å². The van der Waals surface area contributed by atoms with Gasteiger partial charge in [-0.25, -0.2) is 28.7 Å². The smallest absolute Gasteiger partial charge is 0.267 e. The Labute approximate surface area is 190 Å². The number of halogens is 3. The number of imidazole rings is 1. The van der Waals surface area contributed by atoms with Crippen LogP contribution in [0.4, 0.5) is 14.6 Å². The molecule has 0 saturated carbocycles. The van der Waals surface area contributed by atoms with Gasteiger partial charge in [0, 0.05) is 0 Å². The van der Waals surface area contributed by atoms with Crippen LogP contribution in [0.3, 0.4) is 0 Å². The molecule has 5 rings (SSSR count). The summed E-state index contributed by atoms with van der Waals surface area (Å²) in [4.78, 5) is 33.7. The quantitative estimate of drug-likeness (QED) is 0.393. The van der Waals surface area contributed by atoms with Crippen molar-refractivity contribution in [3.8, 4) is 5.69 Å². The summed E-state index contributed by atoms with van der Waals surface area (Å²) in [5.74, 6) is -0.770. The van der Waals surface area contributed by atoms with Crippen LogP contribution in [0.2, 0.25) is 5.02 Å². The zero-order valence-electron chi connectivity index (χ0n) is 17.2. The van der Waals surface area contributed by atoms with E-state index in [-0.39, 0.29) is 27.4 Å². The number of benzene rings is 2. The minimum Gasteiger partial charge on any atom is -0.358 e. The normalized spacial score (nSPS) is 12.4. The number of aromatic nitrogens is 6. The van der Waals surface area contributed by atoms with Gasteiger partial charge in [0.2, 0.25) is 0 Å². The Balaban J connectivity index is 1.78. The standard InChI is InChI=1S/C22H16ClF2N7O/c1-2-13(30-20-18-19(27-9-26-18)28-10-29-20)21-31-14-8-7-12(25)17(23)16(14)22(33)32(21)15-6-4-3-5-11(15)24/h3-10,13H,2H2,1H3,(H2,26,27,28,29,30)/t13-/m0/s1. The fraction of sp³-hybridized carbons (Fsp3) is 0.136. The predicted octanol–water partition coefficient (Wildman–Crippen LogP) is 4.55. The highest BCUT2D eigenvalue weighted by Gasteiger charge is 2.24. The largest absolute Gasteiger partial charge is 0.358 e. The van der Waals surface area contributed by atoms with Crippen LogP contribution >= 0.6 is 11.6 Å². The van der Waals surface area contributed by atoms with E-state index in [0.29, 0.717) is 23.4 Å². The van der Waals surface area contributed by atoms with Crippen LogP contribution in [0, 0.1) is 11.6 Å². The number of aromatic amines is 1. The van der Waals surface area contributed by atoms with E-state index in [1.165, 1.54) is 36.9 Å². The molecule has 0 amide bonds. The number of anilines is 1. The molecule has 11 heteroatoms. The van der Waals surface area contributed by atoms with Gasteiger partial charge >= 0.3 is 0 Å². The van der Waals surface area contributed by atoms with E-state index in [4.69, 9.17) is 11.6 Å². The van der Waals surface area contributed by atoms with Gasteiger partial charge in [0.25, 0.3) is 5.56 Å². The molecular weight excluding hydrogens is 452 g/mol. The molecule has 2 aromatic carbocycles. The second-order valence-corrected chi connectivity index (χ2v) is 7.62. The van der Waals surface area contributed by atoms with Crippen LogP contribution in [0.1, 0.15) is 25.2 Å². The fourth-order valence-corrected chi connectivity index (χ4v) is 3.95. The summed E-state index contributed by atoms with van der Waals surface area (Å²) in [7, 11) is 0. The molecule has 166 valence electrons. The SMILES string of the molecule is CC[C@H](Nc1ncnc2[nH]cnc12)c1nc2ccc(F)c(Cl)c2c(=O)n1-c1ccccc1F. The third kappa shape index (κ3) is 3.48. The summed E-state index contributed by atoms with van der Waals surface area (Å²) in [6.07, 6.45) is 3.32. The Morgan fingerprint density at radius 1 is 1.12 bits per heavy atom. The molecule has 0 radical (unpaired) electrons. The molecule has 0 aliphatic carbocycles. The fourth-order valence-electron chi connectivity index (χ4n) is 3.71. The van der Waals surface area contributed by atoms with Gasteiger partial charge in [-0.3, -0.25) is 9.36 Å².